The number of primary amides is 1. The molecule has 0 radical (unpaired) electrons. The number of amides is 2. The van der Waals surface area contributed by atoms with Gasteiger partial charge in [0, 0.05) is 60.4 Å². The molecule has 0 saturated carbocycles. The van der Waals surface area contributed by atoms with Crippen molar-refractivity contribution in [3.63, 3.8) is 0 Å². The van der Waals surface area contributed by atoms with Crippen LogP contribution in [0.1, 0.15) is 71.3 Å². The second kappa shape index (κ2) is 9.73. The molecule has 36 heavy (non-hydrogen) atoms. The molecule has 0 fully saturated rings. The third-order valence-electron chi connectivity index (χ3n) is 7.45. The normalized spacial score (nSPS) is 19.8. The van der Waals surface area contributed by atoms with Crippen molar-refractivity contribution in [2.24, 2.45) is 11.1 Å². The highest BCUT2D eigenvalue weighted by molar-refractivity contribution is 6.01. The van der Waals surface area contributed by atoms with Gasteiger partial charge in [-0.3, -0.25) is 14.4 Å². The Balaban J connectivity index is 1.93. The van der Waals surface area contributed by atoms with Crippen LogP contribution in [-0.2, 0) is 17.6 Å². The number of carbonyl (C=O) groups excluding carboxylic acids is 3. The van der Waals surface area contributed by atoms with Crippen molar-refractivity contribution in [3.8, 4) is 5.69 Å². The Hall–Kier alpha value is -3.13. The Bertz CT molecular complexity index is 1210. The number of nitrogens with one attached hydrogen (secondary N) is 1. The van der Waals surface area contributed by atoms with E-state index >= 15 is 0 Å². The van der Waals surface area contributed by atoms with E-state index in [2.05, 4.69) is 28.6 Å². The molecule has 1 atom stereocenters. The fourth-order valence-electron chi connectivity index (χ4n) is 5.53. The number of nitrogens with zero attached hydrogens (tertiary/aromatic N) is 3. The lowest BCUT2D eigenvalue weighted by Gasteiger charge is -2.31. The summed E-state index contributed by atoms with van der Waals surface area (Å²) in [6.07, 6.45) is 2.15. The van der Waals surface area contributed by atoms with Crippen LogP contribution in [0.3, 0.4) is 0 Å². The number of rotatable bonds is 4. The second-order valence-corrected chi connectivity index (χ2v) is 11.5. The summed E-state index contributed by atoms with van der Waals surface area (Å²) in [7, 11) is 4.00. The Morgan fingerprint density at radius 1 is 1.19 bits per heavy atom. The molecule has 0 spiro atoms. The minimum Gasteiger partial charge on any atom is -0.382 e. The molecule has 4 rings (SSSR count). The Kier molecular flexibility index (Phi) is 7.01. The Morgan fingerprint density at radius 2 is 1.92 bits per heavy atom. The molecule has 1 aliphatic heterocycles. The lowest BCUT2D eigenvalue weighted by atomic mass is 9.75. The minimum atomic E-state index is -0.492. The summed E-state index contributed by atoms with van der Waals surface area (Å²) in [5.41, 5.74) is 10.9. The van der Waals surface area contributed by atoms with Crippen LogP contribution in [0.15, 0.2) is 18.2 Å². The monoisotopic (exact) mass is 493 g/mol. The molecular formula is C28H39N5O3. The maximum absolute atomic E-state index is 13.7. The highest BCUT2D eigenvalue weighted by atomic mass is 16.2. The first kappa shape index (κ1) is 25.9. The minimum absolute atomic E-state index is 0.0210. The molecule has 2 amide bonds. The molecule has 0 saturated heterocycles. The standard InChI is InChI=1S/C28H39N5O3/c1-17-9-10-32(12-11-31(5)6)25(35)14-22-18(2)26-23(15-28(3,4)16-24(26)34)33(22)19-7-8-20(27(29)36)21(13-19)30-17/h7-8,13,17,30H,9-12,14-16H2,1-6H3,(H2,29,36)/t17-/m0/s1. The fraction of sp³-hybridized carbons (Fsp3) is 0.536. The van der Waals surface area contributed by atoms with Crippen LogP contribution in [0.4, 0.5) is 5.69 Å². The van der Waals surface area contributed by atoms with E-state index in [1.54, 1.807) is 6.07 Å². The Morgan fingerprint density at radius 3 is 2.58 bits per heavy atom. The summed E-state index contributed by atoms with van der Waals surface area (Å²) in [5, 5.41) is 3.46. The van der Waals surface area contributed by atoms with Crippen molar-refractivity contribution < 1.29 is 14.4 Å². The van der Waals surface area contributed by atoms with Gasteiger partial charge in [0.1, 0.15) is 0 Å². The molecule has 1 aromatic heterocycles. The van der Waals surface area contributed by atoms with Crippen LogP contribution in [0, 0.1) is 12.3 Å². The van der Waals surface area contributed by atoms with Crippen molar-refractivity contribution in [2.75, 3.05) is 39.0 Å². The summed E-state index contributed by atoms with van der Waals surface area (Å²) < 4.78 is 2.09. The van der Waals surface area contributed by atoms with Crippen LogP contribution < -0.4 is 11.1 Å². The van der Waals surface area contributed by atoms with Crippen molar-refractivity contribution in [1.29, 1.82) is 0 Å². The van der Waals surface area contributed by atoms with Crippen LogP contribution in [0.5, 0.6) is 0 Å². The van der Waals surface area contributed by atoms with Crippen LogP contribution in [0.25, 0.3) is 5.69 Å². The van der Waals surface area contributed by atoms with E-state index in [0.717, 1.165) is 47.6 Å². The number of benzene rings is 1. The molecular weight excluding hydrogens is 454 g/mol. The number of fused-ring (bicyclic) bond motifs is 6. The van der Waals surface area contributed by atoms with Crippen LogP contribution in [0.2, 0.25) is 0 Å². The lowest BCUT2D eigenvalue weighted by Crippen LogP contribution is -2.40. The number of aromatic nitrogens is 1. The molecule has 1 aliphatic carbocycles. The molecule has 3 N–H and O–H groups in total. The number of likely N-dealkylation sites (N-methyl/N-ethyl adjacent to an activating group) is 1. The first-order valence-electron chi connectivity index (χ1n) is 12.8. The van der Waals surface area contributed by atoms with E-state index in [1.165, 1.54) is 0 Å². The van der Waals surface area contributed by atoms with Gasteiger partial charge in [-0.25, -0.2) is 0 Å². The van der Waals surface area contributed by atoms with Gasteiger partial charge in [0.15, 0.2) is 5.78 Å². The summed E-state index contributed by atoms with van der Waals surface area (Å²) in [5.74, 6) is -0.307. The van der Waals surface area contributed by atoms with Gasteiger partial charge in [-0.15, -0.1) is 0 Å². The number of nitrogens with two attached hydrogens (primary N) is 1. The third kappa shape index (κ3) is 5.05. The van der Waals surface area contributed by atoms with Gasteiger partial charge in [-0.2, -0.15) is 0 Å². The van der Waals surface area contributed by atoms with E-state index in [1.807, 2.05) is 45.0 Å². The van der Waals surface area contributed by atoms with E-state index in [-0.39, 0.29) is 29.6 Å². The van der Waals surface area contributed by atoms with Gasteiger partial charge in [-0.1, -0.05) is 13.8 Å². The molecule has 194 valence electrons. The van der Waals surface area contributed by atoms with Gasteiger partial charge < -0.3 is 25.4 Å². The van der Waals surface area contributed by atoms with E-state index < -0.39 is 5.91 Å². The molecule has 2 heterocycles. The zero-order valence-corrected chi connectivity index (χ0v) is 22.4. The zero-order valence-electron chi connectivity index (χ0n) is 22.4. The van der Waals surface area contributed by atoms with E-state index in [9.17, 15) is 14.4 Å². The lowest BCUT2D eigenvalue weighted by molar-refractivity contribution is -0.130. The topological polar surface area (TPSA) is 101 Å². The highest BCUT2D eigenvalue weighted by Gasteiger charge is 2.37. The van der Waals surface area contributed by atoms with E-state index in [0.29, 0.717) is 30.8 Å². The fourth-order valence-corrected chi connectivity index (χ4v) is 5.53. The summed E-state index contributed by atoms with van der Waals surface area (Å²) in [4.78, 5) is 43.2. The molecule has 0 unspecified atom stereocenters. The van der Waals surface area contributed by atoms with Crippen LogP contribution >= 0.6 is 0 Å². The first-order chi connectivity index (χ1) is 16.9. The molecule has 2 aromatic rings. The predicted molar refractivity (Wildman–Crippen MR) is 142 cm³/mol. The predicted octanol–water partition coefficient (Wildman–Crippen LogP) is 3.18. The molecule has 2 bridgehead atoms. The summed E-state index contributed by atoms with van der Waals surface area (Å²) in [6, 6.07) is 5.56. The average molecular weight is 494 g/mol. The van der Waals surface area contributed by atoms with Crippen molar-refractivity contribution in [3.05, 3.63) is 46.3 Å². The summed E-state index contributed by atoms with van der Waals surface area (Å²) >= 11 is 0. The quantitative estimate of drug-likeness (QED) is 0.681. The zero-order chi connectivity index (χ0) is 26.4. The molecule has 2 aliphatic rings. The summed E-state index contributed by atoms with van der Waals surface area (Å²) in [6.45, 7) is 10.2. The second-order valence-electron chi connectivity index (χ2n) is 11.5. The molecule has 8 heteroatoms. The van der Waals surface area contributed by atoms with Crippen molar-refractivity contribution >= 4 is 23.3 Å². The maximum Gasteiger partial charge on any atom is 0.250 e. The molecule has 8 nitrogen and oxygen atoms in total. The smallest absolute Gasteiger partial charge is 0.250 e. The number of carbonyl (C=O) groups is 3. The number of Topliss-reactive ketones (excluding diaryl/α,β-unsaturated/α-hetero) is 1. The SMILES string of the molecule is Cc1c2c(n3c1CC(=O)N(CCN(C)C)CC[C@H](C)Nc1cc-3ccc1C(N)=O)CC(C)(C)CC2=O. The van der Waals surface area contributed by atoms with Gasteiger partial charge in [0.25, 0.3) is 5.91 Å². The van der Waals surface area contributed by atoms with Gasteiger partial charge in [-0.05, 0) is 70.0 Å². The van der Waals surface area contributed by atoms with E-state index in [4.69, 9.17) is 5.73 Å². The largest absolute Gasteiger partial charge is 0.382 e. The number of hydrogen-bond acceptors (Lipinski definition) is 5. The van der Waals surface area contributed by atoms with Gasteiger partial charge in [0.2, 0.25) is 5.91 Å². The van der Waals surface area contributed by atoms with Gasteiger partial charge in [0.05, 0.1) is 12.0 Å². The van der Waals surface area contributed by atoms with Crippen molar-refractivity contribution in [2.45, 2.75) is 59.4 Å². The number of hydrogen-bond donors (Lipinski definition) is 2. The average Bonchev–Trinajstić information content (AvgIpc) is 3.02. The molecule has 1 aromatic carbocycles. The Labute approximate surface area is 213 Å². The number of ketones is 1. The number of anilines is 1. The third-order valence-corrected chi connectivity index (χ3v) is 7.45. The van der Waals surface area contributed by atoms with Crippen molar-refractivity contribution in [1.82, 2.24) is 14.4 Å². The first-order valence-corrected chi connectivity index (χ1v) is 12.8. The maximum atomic E-state index is 13.7. The van der Waals surface area contributed by atoms with Crippen LogP contribution in [-0.4, -0.2) is 71.7 Å². The van der Waals surface area contributed by atoms with Gasteiger partial charge >= 0.3 is 0 Å². The highest BCUT2D eigenvalue weighted by Crippen LogP contribution is 2.40.